The van der Waals surface area contributed by atoms with Crippen molar-refractivity contribution in [1.29, 1.82) is 0 Å². The summed E-state index contributed by atoms with van der Waals surface area (Å²) in [7, 11) is -0.0718. The molecule has 0 aromatic heterocycles. The van der Waals surface area contributed by atoms with Crippen molar-refractivity contribution in [2.24, 2.45) is 0 Å². The van der Waals surface area contributed by atoms with Crippen LogP contribution >= 0.6 is 0 Å². The maximum absolute atomic E-state index is 5.84. The molecule has 190 valence electrons. The molecule has 0 bridgehead atoms. The molecule has 0 aliphatic heterocycles. The standard InChI is InChI=1S/C34H34N2OSi/c1-27-15-17-30(18-16-27)36(33-23-25-34(26-24-33)38(3,4)37-2)32-21-19-31(20-22-32)35(28-11-7-5-8-12-28)29-13-9-6-10-14-29/h5-26H,1-4H3. The van der Waals surface area contributed by atoms with Crippen LogP contribution in [0.15, 0.2) is 133 Å². The van der Waals surface area contributed by atoms with Gasteiger partial charge in [0, 0.05) is 41.2 Å². The number of anilines is 6. The SMILES string of the molecule is CO[Si](C)(C)c1ccc(N(c2ccc(C)cc2)c2ccc(N(c3ccccc3)c3ccccc3)cc2)cc1. The Balaban J connectivity index is 1.56. The molecule has 0 spiro atoms. The van der Waals surface area contributed by atoms with Crippen molar-refractivity contribution in [3.63, 3.8) is 0 Å². The highest BCUT2D eigenvalue weighted by Crippen LogP contribution is 2.38. The number of benzene rings is 5. The smallest absolute Gasteiger partial charge is 0.217 e. The molecule has 0 radical (unpaired) electrons. The maximum Gasteiger partial charge on any atom is 0.217 e. The van der Waals surface area contributed by atoms with Crippen LogP contribution in [0.2, 0.25) is 13.1 Å². The second-order valence-corrected chi connectivity index (χ2v) is 14.0. The molecule has 0 saturated carbocycles. The lowest BCUT2D eigenvalue weighted by atomic mass is 10.1. The van der Waals surface area contributed by atoms with Gasteiger partial charge in [-0.15, -0.1) is 0 Å². The predicted molar refractivity (Wildman–Crippen MR) is 165 cm³/mol. The van der Waals surface area contributed by atoms with Crippen molar-refractivity contribution in [2.45, 2.75) is 20.0 Å². The van der Waals surface area contributed by atoms with E-state index in [2.05, 4.69) is 163 Å². The largest absolute Gasteiger partial charge is 0.416 e. The molecule has 4 heteroatoms. The van der Waals surface area contributed by atoms with Gasteiger partial charge in [-0.05, 0) is 98.0 Å². The Hall–Kier alpha value is -4.12. The first-order chi connectivity index (χ1) is 18.5. The van der Waals surface area contributed by atoms with Gasteiger partial charge in [-0.25, -0.2) is 0 Å². The molecule has 0 atom stereocenters. The Morgan fingerprint density at radius 3 is 1.13 bits per heavy atom. The van der Waals surface area contributed by atoms with E-state index in [0.29, 0.717) is 0 Å². The molecule has 0 amide bonds. The summed E-state index contributed by atoms with van der Waals surface area (Å²) in [5, 5.41) is 1.28. The van der Waals surface area contributed by atoms with Gasteiger partial charge in [0.05, 0.1) is 0 Å². The lowest BCUT2D eigenvalue weighted by molar-refractivity contribution is 0.416. The molecular formula is C34H34N2OSi. The van der Waals surface area contributed by atoms with Crippen LogP contribution < -0.4 is 15.0 Å². The van der Waals surface area contributed by atoms with E-state index in [1.165, 1.54) is 10.8 Å². The highest BCUT2D eigenvalue weighted by atomic mass is 28.4. The van der Waals surface area contributed by atoms with E-state index in [1.807, 2.05) is 7.11 Å². The summed E-state index contributed by atoms with van der Waals surface area (Å²) in [6, 6.07) is 47.4. The summed E-state index contributed by atoms with van der Waals surface area (Å²) < 4.78 is 5.84. The molecule has 5 aromatic carbocycles. The molecular weight excluding hydrogens is 480 g/mol. The average Bonchev–Trinajstić information content (AvgIpc) is 2.97. The molecule has 0 heterocycles. The molecule has 38 heavy (non-hydrogen) atoms. The Morgan fingerprint density at radius 1 is 0.447 bits per heavy atom. The third-order valence-corrected chi connectivity index (χ3v) is 9.76. The first-order valence-corrected chi connectivity index (χ1v) is 15.9. The lowest BCUT2D eigenvalue weighted by Gasteiger charge is -2.29. The average molecular weight is 515 g/mol. The number of para-hydroxylation sites is 2. The third-order valence-electron chi connectivity index (χ3n) is 7.02. The summed E-state index contributed by atoms with van der Waals surface area (Å²) in [5.41, 5.74) is 7.96. The van der Waals surface area contributed by atoms with E-state index in [9.17, 15) is 0 Å². The molecule has 0 unspecified atom stereocenters. The van der Waals surface area contributed by atoms with Crippen molar-refractivity contribution in [2.75, 3.05) is 16.9 Å². The molecule has 0 saturated heterocycles. The van der Waals surface area contributed by atoms with Crippen LogP contribution in [0.3, 0.4) is 0 Å². The van der Waals surface area contributed by atoms with Crippen molar-refractivity contribution >= 4 is 47.6 Å². The Kier molecular flexibility index (Phi) is 7.45. The molecule has 0 N–H and O–H groups in total. The normalized spacial score (nSPS) is 11.3. The minimum absolute atomic E-state index is 1.11. The first kappa shape index (κ1) is 25.5. The summed E-state index contributed by atoms with van der Waals surface area (Å²) in [6.45, 7) is 6.57. The zero-order chi connectivity index (χ0) is 26.5. The van der Waals surface area contributed by atoms with Crippen LogP contribution in [0.25, 0.3) is 0 Å². The van der Waals surface area contributed by atoms with E-state index in [1.54, 1.807) is 0 Å². The Bertz CT molecular complexity index is 1410. The Labute approximate surface area is 227 Å². The van der Waals surface area contributed by atoms with Gasteiger partial charge in [0.2, 0.25) is 8.32 Å². The van der Waals surface area contributed by atoms with Gasteiger partial charge in [0.1, 0.15) is 0 Å². The van der Waals surface area contributed by atoms with E-state index in [-0.39, 0.29) is 0 Å². The van der Waals surface area contributed by atoms with Gasteiger partial charge in [-0.1, -0.05) is 66.2 Å². The summed E-state index contributed by atoms with van der Waals surface area (Å²) >= 11 is 0. The maximum atomic E-state index is 5.84. The summed E-state index contributed by atoms with van der Waals surface area (Å²) in [4.78, 5) is 4.59. The van der Waals surface area contributed by atoms with E-state index in [4.69, 9.17) is 4.43 Å². The molecule has 3 nitrogen and oxygen atoms in total. The summed E-state index contributed by atoms with van der Waals surface area (Å²) in [6.07, 6.45) is 0. The highest BCUT2D eigenvalue weighted by molar-refractivity contribution is 6.84. The topological polar surface area (TPSA) is 15.7 Å². The van der Waals surface area contributed by atoms with E-state index >= 15 is 0 Å². The summed E-state index contributed by atoms with van der Waals surface area (Å²) in [5.74, 6) is 0. The van der Waals surface area contributed by atoms with Gasteiger partial charge in [0.25, 0.3) is 0 Å². The number of rotatable bonds is 8. The zero-order valence-corrected chi connectivity index (χ0v) is 23.5. The predicted octanol–water partition coefficient (Wildman–Crippen LogP) is 8.99. The van der Waals surface area contributed by atoms with Crippen molar-refractivity contribution in [1.82, 2.24) is 0 Å². The van der Waals surface area contributed by atoms with Gasteiger partial charge >= 0.3 is 0 Å². The van der Waals surface area contributed by atoms with Crippen LogP contribution in [0.5, 0.6) is 0 Å². The number of nitrogens with zero attached hydrogens (tertiary/aromatic N) is 2. The fourth-order valence-corrected chi connectivity index (χ4v) is 5.83. The highest BCUT2D eigenvalue weighted by Gasteiger charge is 2.24. The van der Waals surface area contributed by atoms with Crippen LogP contribution in [0.4, 0.5) is 34.1 Å². The fraction of sp³-hybridized carbons (Fsp3) is 0.118. The molecule has 0 aliphatic carbocycles. The molecule has 0 aliphatic rings. The number of aryl methyl sites for hydroxylation is 1. The minimum atomic E-state index is -1.89. The first-order valence-electron chi connectivity index (χ1n) is 13.0. The van der Waals surface area contributed by atoms with Gasteiger partial charge in [-0.2, -0.15) is 0 Å². The molecule has 5 aromatic rings. The van der Waals surface area contributed by atoms with Crippen LogP contribution in [0, 0.1) is 6.92 Å². The third kappa shape index (κ3) is 5.42. The lowest BCUT2D eigenvalue weighted by Crippen LogP contribution is -2.43. The van der Waals surface area contributed by atoms with Gasteiger partial charge in [0.15, 0.2) is 0 Å². The van der Waals surface area contributed by atoms with E-state index < -0.39 is 8.32 Å². The van der Waals surface area contributed by atoms with Crippen molar-refractivity contribution < 1.29 is 4.43 Å². The number of hydrogen-bond donors (Lipinski definition) is 0. The second kappa shape index (κ2) is 11.1. The van der Waals surface area contributed by atoms with Crippen LogP contribution in [-0.2, 0) is 4.43 Å². The van der Waals surface area contributed by atoms with Crippen LogP contribution in [0.1, 0.15) is 5.56 Å². The number of hydrogen-bond acceptors (Lipinski definition) is 3. The zero-order valence-electron chi connectivity index (χ0n) is 22.5. The van der Waals surface area contributed by atoms with Crippen molar-refractivity contribution in [3.05, 3.63) is 139 Å². The quantitative estimate of drug-likeness (QED) is 0.192. The van der Waals surface area contributed by atoms with Gasteiger partial charge < -0.3 is 14.2 Å². The van der Waals surface area contributed by atoms with E-state index in [0.717, 1.165) is 34.1 Å². The monoisotopic (exact) mass is 514 g/mol. The van der Waals surface area contributed by atoms with Crippen molar-refractivity contribution in [3.8, 4) is 0 Å². The second-order valence-electron chi connectivity index (χ2n) is 9.96. The Morgan fingerprint density at radius 2 is 0.763 bits per heavy atom. The van der Waals surface area contributed by atoms with Gasteiger partial charge in [-0.3, -0.25) is 0 Å². The van der Waals surface area contributed by atoms with Crippen LogP contribution in [-0.4, -0.2) is 15.4 Å². The molecule has 0 fully saturated rings. The minimum Gasteiger partial charge on any atom is -0.416 e. The molecule has 5 rings (SSSR count). The fourth-order valence-electron chi connectivity index (χ4n) is 4.62.